The van der Waals surface area contributed by atoms with Gasteiger partial charge < -0.3 is 10.2 Å². The molecule has 0 rings (SSSR count). The minimum atomic E-state index is -1.82. The summed E-state index contributed by atoms with van der Waals surface area (Å²) in [7, 11) is 0. The predicted molar refractivity (Wildman–Crippen MR) is 38.5 cm³/mol. The zero-order valence-corrected chi connectivity index (χ0v) is 6.42. The first-order chi connectivity index (χ1) is 6.54. The molecule has 0 unspecified atom stereocenters. The lowest BCUT2D eigenvalue weighted by molar-refractivity contribution is -0.136. The summed E-state index contributed by atoms with van der Waals surface area (Å²) in [6, 6.07) is 0. The Hall–Kier alpha value is -2.56. The van der Waals surface area contributed by atoms with Crippen LogP contribution in [-0.2, 0) is 19.2 Å². The summed E-state index contributed by atoms with van der Waals surface area (Å²) in [4.78, 5) is 45.3. The van der Waals surface area contributed by atoms with Crippen LogP contribution in [0.25, 0.3) is 0 Å². The monoisotopic (exact) mass is 198 g/mol. The van der Waals surface area contributed by atoms with Gasteiger partial charge in [0.2, 0.25) is 12.2 Å². The van der Waals surface area contributed by atoms with E-state index in [1.54, 1.807) is 0 Å². The van der Waals surface area contributed by atoms with Crippen molar-refractivity contribution in [2.24, 2.45) is 9.98 Å². The maximum Gasteiger partial charge on any atom is 0.358 e. The Morgan fingerprint density at radius 3 is 1.29 bits per heavy atom. The fourth-order valence-electron chi connectivity index (χ4n) is 0.495. The van der Waals surface area contributed by atoms with Crippen molar-refractivity contribution in [3.63, 3.8) is 0 Å². The highest BCUT2D eigenvalue weighted by Gasteiger charge is 2.19. The molecule has 14 heavy (non-hydrogen) atoms. The molecule has 72 valence electrons. The maximum atomic E-state index is 10.3. The van der Waals surface area contributed by atoms with Crippen LogP contribution in [0.3, 0.4) is 0 Å². The fourth-order valence-corrected chi connectivity index (χ4v) is 0.495. The van der Waals surface area contributed by atoms with Crippen molar-refractivity contribution in [1.29, 1.82) is 0 Å². The molecule has 0 spiro atoms. The lowest BCUT2D eigenvalue weighted by Gasteiger charge is -1.93. The second-order valence-electron chi connectivity index (χ2n) is 1.71. The van der Waals surface area contributed by atoms with Crippen molar-refractivity contribution in [2.45, 2.75) is 0 Å². The third kappa shape index (κ3) is 2.82. The van der Waals surface area contributed by atoms with Crippen molar-refractivity contribution >= 4 is 24.1 Å². The summed E-state index contributed by atoms with van der Waals surface area (Å²) in [5.74, 6) is -3.63. The zero-order valence-electron chi connectivity index (χ0n) is 6.42. The van der Waals surface area contributed by atoms with Gasteiger partial charge in [0.15, 0.2) is 11.4 Å². The van der Waals surface area contributed by atoms with Crippen LogP contribution in [0, 0.1) is 0 Å². The van der Waals surface area contributed by atoms with Gasteiger partial charge in [-0.15, -0.1) is 0 Å². The molecule has 0 saturated carbocycles. The van der Waals surface area contributed by atoms with Crippen LogP contribution >= 0.6 is 0 Å². The molecule has 2 N–H and O–H groups in total. The van der Waals surface area contributed by atoms with Crippen LogP contribution < -0.4 is 0 Å². The van der Waals surface area contributed by atoms with Gasteiger partial charge in [-0.2, -0.15) is 9.98 Å². The Morgan fingerprint density at radius 1 is 0.857 bits per heavy atom. The molecular weight excluding hydrogens is 196 g/mol. The number of carboxylic acid groups (broad SMARTS) is 2. The highest BCUT2D eigenvalue weighted by atomic mass is 16.4. The molecule has 0 heterocycles. The summed E-state index contributed by atoms with van der Waals surface area (Å²) < 4.78 is 0. The minimum Gasteiger partial charge on any atom is -0.476 e. The number of nitrogens with zero attached hydrogens (tertiary/aromatic N) is 2. The number of hydrogen-bond acceptors (Lipinski definition) is 6. The molecular formula is C6H2N2O6. The van der Waals surface area contributed by atoms with E-state index in [0.29, 0.717) is 0 Å². The average Bonchev–Trinajstić information content (AvgIpc) is 2.10. The molecule has 8 heteroatoms. The van der Waals surface area contributed by atoms with Gasteiger partial charge in [-0.25, -0.2) is 19.2 Å². The van der Waals surface area contributed by atoms with E-state index in [2.05, 4.69) is 9.98 Å². The smallest absolute Gasteiger partial charge is 0.358 e. The highest BCUT2D eigenvalue weighted by Crippen LogP contribution is 2.07. The van der Waals surface area contributed by atoms with Gasteiger partial charge in [0.05, 0.1) is 0 Å². The number of aliphatic carboxylic acids is 2. The number of carbonyl (C=O) groups is 2. The lowest BCUT2D eigenvalue weighted by Crippen LogP contribution is -2.08. The standard InChI is InChI=1S/C6H2N2O6/c9-1-7-3(5(11)12)4(6(13)14)8-2-10/h(H,11,12)(H,13,14). The quantitative estimate of drug-likeness (QED) is 0.339. The number of carboxylic acids is 2. The van der Waals surface area contributed by atoms with E-state index in [0.717, 1.165) is 12.2 Å². The number of isocyanates is 2. The summed E-state index contributed by atoms with van der Waals surface area (Å²) in [6.45, 7) is 0. The van der Waals surface area contributed by atoms with Crippen LogP contribution in [0.1, 0.15) is 0 Å². The van der Waals surface area contributed by atoms with Crippen molar-refractivity contribution in [3.8, 4) is 0 Å². The van der Waals surface area contributed by atoms with E-state index in [9.17, 15) is 19.2 Å². The number of aliphatic imine (C=N–C) groups is 2. The summed E-state index contributed by atoms with van der Waals surface area (Å²) >= 11 is 0. The number of carbonyl (C=O) groups excluding carboxylic acids is 2. The van der Waals surface area contributed by atoms with Crippen LogP contribution in [0.5, 0.6) is 0 Å². The first kappa shape index (κ1) is 11.4. The molecule has 0 aromatic rings. The molecule has 0 saturated heterocycles. The van der Waals surface area contributed by atoms with E-state index in [1.165, 1.54) is 0 Å². The van der Waals surface area contributed by atoms with Gasteiger partial charge in [0.25, 0.3) is 0 Å². The fraction of sp³-hybridized carbons (Fsp3) is 0. The second-order valence-corrected chi connectivity index (χ2v) is 1.71. The Balaban J connectivity index is 5.73. The van der Waals surface area contributed by atoms with Crippen molar-refractivity contribution < 1.29 is 29.4 Å². The molecule has 0 bridgehead atoms. The van der Waals surface area contributed by atoms with Gasteiger partial charge in [-0.05, 0) is 0 Å². The van der Waals surface area contributed by atoms with Gasteiger partial charge >= 0.3 is 11.9 Å². The largest absolute Gasteiger partial charge is 0.476 e. The molecule has 8 nitrogen and oxygen atoms in total. The third-order valence-electron chi connectivity index (χ3n) is 0.944. The van der Waals surface area contributed by atoms with Crippen molar-refractivity contribution in [3.05, 3.63) is 11.4 Å². The zero-order chi connectivity index (χ0) is 11.1. The maximum absolute atomic E-state index is 10.3. The topological polar surface area (TPSA) is 133 Å². The van der Waals surface area contributed by atoms with E-state index in [-0.39, 0.29) is 0 Å². The lowest BCUT2D eigenvalue weighted by atomic mass is 10.3. The molecule has 0 aliphatic heterocycles. The van der Waals surface area contributed by atoms with E-state index >= 15 is 0 Å². The summed E-state index contributed by atoms with van der Waals surface area (Å²) in [5.41, 5.74) is -2.37. The molecule has 0 aromatic heterocycles. The molecule has 0 aliphatic carbocycles. The normalized spacial score (nSPS) is 10.3. The Bertz CT molecular complexity index is 351. The second kappa shape index (κ2) is 5.15. The van der Waals surface area contributed by atoms with Crippen molar-refractivity contribution in [2.75, 3.05) is 0 Å². The number of rotatable bonds is 4. The molecule has 0 aliphatic rings. The van der Waals surface area contributed by atoms with E-state index in [4.69, 9.17) is 10.2 Å². The van der Waals surface area contributed by atoms with Crippen LogP contribution in [0.4, 0.5) is 0 Å². The molecule has 0 radical (unpaired) electrons. The first-order valence-electron chi connectivity index (χ1n) is 2.91. The molecule has 0 aromatic carbocycles. The SMILES string of the molecule is O=C=NC(C(=O)O)=C(N=C=O)C(=O)O. The Labute approximate surface area is 75.9 Å². The summed E-state index contributed by atoms with van der Waals surface area (Å²) in [5, 5.41) is 16.7. The number of hydrogen-bond donors (Lipinski definition) is 2. The highest BCUT2D eigenvalue weighted by molar-refractivity contribution is 5.99. The first-order valence-corrected chi connectivity index (χ1v) is 2.91. The third-order valence-corrected chi connectivity index (χ3v) is 0.944. The average molecular weight is 198 g/mol. The Kier molecular flexibility index (Phi) is 4.21. The van der Waals surface area contributed by atoms with Gasteiger partial charge in [0.1, 0.15) is 0 Å². The molecule has 0 fully saturated rings. The molecule has 0 amide bonds. The summed E-state index contributed by atoms with van der Waals surface area (Å²) in [6.07, 6.45) is 1.65. The van der Waals surface area contributed by atoms with E-state index < -0.39 is 23.3 Å². The van der Waals surface area contributed by atoms with Crippen molar-refractivity contribution in [1.82, 2.24) is 0 Å². The van der Waals surface area contributed by atoms with Crippen LogP contribution in [0.2, 0.25) is 0 Å². The van der Waals surface area contributed by atoms with Gasteiger partial charge in [-0.1, -0.05) is 0 Å². The van der Waals surface area contributed by atoms with Crippen LogP contribution in [-0.4, -0.2) is 34.3 Å². The molecule has 0 atom stereocenters. The minimum absolute atomic E-state index is 0.826. The van der Waals surface area contributed by atoms with E-state index in [1.807, 2.05) is 0 Å². The van der Waals surface area contributed by atoms with Crippen LogP contribution in [0.15, 0.2) is 21.4 Å². The van der Waals surface area contributed by atoms with Gasteiger partial charge in [0, 0.05) is 0 Å². The van der Waals surface area contributed by atoms with Gasteiger partial charge in [-0.3, -0.25) is 0 Å². The predicted octanol–water partition coefficient (Wildman–Crippen LogP) is -0.961. The Morgan fingerprint density at radius 2 is 1.14 bits per heavy atom.